The maximum absolute atomic E-state index is 13.1. The van der Waals surface area contributed by atoms with Crippen molar-refractivity contribution < 1.29 is 4.79 Å². The predicted molar refractivity (Wildman–Crippen MR) is 152 cm³/mol. The maximum atomic E-state index is 13.1. The number of nitrogens with one attached hydrogen (secondary N) is 1. The SMILES string of the molecule is CCCn1c(-c2ccc(C)cc2)cc(C(=O)NCCCN2CCN(c3cccc(Cl)c3Cl)CC2)c1C. The summed E-state index contributed by atoms with van der Waals surface area (Å²) in [5.74, 6) is 0.0103. The summed E-state index contributed by atoms with van der Waals surface area (Å²) in [4.78, 5) is 17.8. The molecule has 2 heterocycles. The van der Waals surface area contributed by atoms with Gasteiger partial charge >= 0.3 is 0 Å². The maximum Gasteiger partial charge on any atom is 0.253 e. The highest BCUT2D eigenvalue weighted by Crippen LogP contribution is 2.33. The summed E-state index contributed by atoms with van der Waals surface area (Å²) in [6, 6.07) is 16.4. The molecule has 3 aromatic rings. The molecule has 7 heteroatoms. The number of amides is 1. The Labute approximate surface area is 225 Å². The van der Waals surface area contributed by atoms with Gasteiger partial charge in [0.05, 0.1) is 21.3 Å². The summed E-state index contributed by atoms with van der Waals surface area (Å²) < 4.78 is 2.27. The highest BCUT2D eigenvalue weighted by molar-refractivity contribution is 6.43. The normalized spacial score (nSPS) is 14.3. The zero-order valence-electron chi connectivity index (χ0n) is 21.5. The highest BCUT2D eigenvalue weighted by Gasteiger charge is 2.20. The average Bonchev–Trinajstić information content (AvgIpc) is 3.20. The molecule has 0 aliphatic carbocycles. The Hall–Kier alpha value is -2.47. The highest BCUT2D eigenvalue weighted by atomic mass is 35.5. The first kappa shape index (κ1) is 26.6. The number of rotatable bonds is 9. The molecule has 1 fully saturated rings. The lowest BCUT2D eigenvalue weighted by Crippen LogP contribution is -2.47. The summed E-state index contributed by atoms with van der Waals surface area (Å²) in [5, 5.41) is 4.37. The summed E-state index contributed by atoms with van der Waals surface area (Å²) in [6.45, 7) is 12.6. The smallest absolute Gasteiger partial charge is 0.253 e. The van der Waals surface area contributed by atoms with Crippen LogP contribution in [0.3, 0.4) is 0 Å². The molecule has 0 saturated carbocycles. The van der Waals surface area contributed by atoms with Crippen molar-refractivity contribution in [2.24, 2.45) is 0 Å². The second-order valence-corrected chi connectivity index (χ2v) is 10.3. The van der Waals surface area contributed by atoms with Crippen molar-refractivity contribution >= 4 is 34.8 Å². The molecule has 1 aliphatic heterocycles. The van der Waals surface area contributed by atoms with Crippen LogP contribution in [0.4, 0.5) is 5.69 Å². The van der Waals surface area contributed by atoms with Crippen LogP contribution in [-0.4, -0.2) is 54.6 Å². The third-order valence-electron chi connectivity index (χ3n) is 6.99. The van der Waals surface area contributed by atoms with Crippen LogP contribution in [0.1, 0.15) is 41.4 Å². The van der Waals surface area contributed by atoms with Crippen LogP contribution in [-0.2, 0) is 6.54 Å². The second kappa shape index (κ2) is 12.2. The number of halogens is 2. The minimum absolute atomic E-state index is 0.0103. The molecule has 0 atom stereocenters. The molecule has 0 bridgehead atoms. The Balaban J connectivity index is 1.29. The van der Waals surface area contributed by atoms with E-state index in [-0.39, 0.29) is 5.91 Å². The summed E-state index contributed by atoms with van der Waals surface area (Å²) in [7, 11) is 0. The van der Waals surface area contributed by atoms with Crippen molar-refractivity contribution in [3.05, 3.63) is 75.4 Å². The zero-order chi connectivity index (χ0) is 25.7. The van der Waals surface area contributed by atoms with E-state index in [1.807, 2.05) is 31.2 Å². The fourth-order valence-corrected chi connectivity index (χ4v) is 5.31. The number of benzene rings is 2. The van der Waals surface area contributed by atoms with Gasteiger partial charge in [-0.15, -0.1) is 0 Å². The van der Waals surface area contributed by atoms with Crippen molar-refractivity contribution in [3.63, 3.8) is 0 Å². The van der Waals surface area contributed by atoms with E-state index >= 15 is 0 Å². The van der Waals surface area contributed by atoms with Gasteiger partial charge in [-0.1, -0.05) is 66.0 Å². The number of aryl methyl sites for hydroxylation is 1. The quantitative estimate of drug-likeness (QED) is 0.326. The van der Waals surface area contributed by atoms with E-state index in [1.54, 1.807) is 0 Å². The molecule has 0 radical (unpaired) electrons. The van der Waals surface area contributed by atoms with E-state index in [2.05, 4.69) is 57.8 Å². The Bertz CT molecular complexity index is 1180. The van der Waals surface area contributed by atoms with Gasteiger partial charge in [0.2, 0.25) is 0 Å². The minimum atomic E-state index is 0.0103. The third-order valence-corrected chi connectivity index (χ3v) is 7.80. The van der Waals surface area contributed by atoms with Gasteiger partial charge in [0.25, 0.3) is 5.91 Å². The fraction of sp³-hybridized carbons (Fsp3) is 0.414. The van der Waals surface area contributed by atoms with Crippen LogP contribution < -0.4 is 10.2 Å². The number of aromatic nitrogens is 1. The molecule has 4 rings (SSSR count). The first-order valence-electron chi connectivity index (χ1n) is 12.9. The minimum Gasteiger partial charge on any atom is -0.368 e. The number of nitrogens with zero attached hydrogens (tertiary/aromatic N) is 3. The number of anilines is 1. The molecular formula is C29H36Cl2N4O. The molecule has 0 spiro atoms. The number of hydrogen-bond acceptors (Lipinski definition) is 3. The largest absolute Gasteiger partial charge is 0.368 e. The van der Waals surface area contributed by atoms with E-state index < -0.39 is 0 Å². The Kier molecular flexibility index (Phi) is 9.00. The van der Waals surface area contributed by atoms with Crippen LogP contribution in [0.25, 0.3) is 11.3 Å². The van der Waals surface area contributed by atoms with Gasteiger partial charge < -0.3 is 14.8 Å². The molecule has 2 aromatic carbocycles. The van der Waals surface area contributed by atoms with Gasteiger partial charge in [-0.25, -0.2) is 0 Å². The van der Waals surface area contributed by atoms with Crippen molar-refractivity contribution in [1.82, 2.24) is 14.8 Å². The van der Waals surface area contributed by atoms with Crippen molar-refractivity contribution in [2.75, 3.05) is 44.2 Å². The molecule has 1 N–H and O–H groups in total. The standard InChI is InChI=1S/C29H36Cl2N4O/c1-4-14-35-22(3)24(20-27(35)23-11-9-21(2)10-12-23)29(36)32-13-6-15-33-16-18-34(19-17-33)26-8-5-7-25(30)28(26)31/h5,7-12,20H,4,6,13-19H2,1-3H3,(H,32,36). The van der Waals surface area contributed by atoms with Crippen LogP contribution in [0, 0.1) is 13.8 Å². The lowest BCUT2D eigenvalue weighted by molar-refractivity contribution is 0.0950. The number of hydrogen-bond donors (Lipinski definition) is 1. The Morgan fingerprint density at radius 1 is 0.972 bits per heavy atom. The topological polar surface area (TPSA) is 40.5 Å². The zero-order valence-corrected chi connectivity index (χ0v) is 23.0. The molecule has 5 nitrogen and oxygen atoms in total. The molecule has 1 aromatic heterocycles. The number of piperazine rings is 1. The van der Waals surface area contributed by atoms with Crippen LogP contribution >= 0.6 is 23.2 Å². The van der Waals surface area contributed by atoms with E-state index in [9.17, 15) is 4.79 Å². The predicted octanol–water partition coefficient (Wildman–Crippen LogP) is 6.43. The van der Waals surface area contributed by atoms with Crippen molar-refractivity contribution in [2.45, 2.75) is 40.2 Å². The molecular weight excluding hydrogens is 491 g/mol. The van der Waals surface area contributed by atoms with Crippen LogP contribution in [0.5, 0.6) is 0 Å². The Morgan fingerprint density at radius 2 is 1.69 bits per heavy atom. The average molecular weight is 528 g/mol. The molecule has 1 aliphatic rings. The molecule has 1 amide bonds. The van der Waals surface area contributed by atoms with E-state index in [0.29, 0.717) is 16.6 Å². The summed E-state index contributed by atoms with van der Waals surface area (Å²) in [6.07, 6.45) is 1.94. The van der Waals surface area contributed by atoms with Gasteiger partial charge in [-0.05, 0) is 57.0 Å². The van der Waals surface area contributed by atoms with Crippen molar-refractivity contribution in [3.8, 4) is 11.3 Å². The van der Waals surface area contributed by atoms with Crippen LogP contribution in [0.2, 0.25) is 10.0 Å². The lowest BCUT2D eigenvalue weighted by atomic mass is 10.1. The fourth-order valence-electron chi connectivity index (χ4n) is 4.90. The first-order valence-corrected chi connectivity index (χ1v) is 13.6. The molecule has 36 heavy (non-hydrogen) atoms. The van der Waals surface area contributed by atoms with E-state index in [0.717, 1.165) is 80.3 Å². The van der Waals surface area contributed by atoms with Gasteiger partial charge in [0.1, 0.15) is 0 Å². The lowest BCUT2D eigenvalue weighted by Gasteiger charge is -2.36. The summed E-state index contributed by atoms with van der Waals surface area (Å²) in [5.41, 5.74) is 6.29. The number of carbonyl (C=O) groups excluding carboxylic acids is 1. The van der Waals surface area contributed by atoms with Gasteiger partial charge in [0, 0.05) is 50.7 Å². The van der Waals surface area contributed by atoms with Gasteiger partial charge in [0.15, 0.2) is 0 Å². The van der Waals surface area contributed by atoms with E-state index in [1.165, 1.54) is 5.56 Å². The molecule has 0 unspecified atom stereocenters. The first-order chi connectivity index (χ1) is 17.4. The van der Waals surface area contributed by atoms with E-state index in [4.69, 9.17) is 23.2 Å². The third kappa shape index (κ3) is 6.08. The second-order valence-electron chi connectivity index (χ2n) is 9.56. The van der Waals surface area contributed by atoms with Crippen molar-refractivity contribution in [1.29, 1.82) is 0 Å². The van der Waals surface area contributed by atoms with Crippen LogP contribution in [0.15, 0.2) is 48.5 Å². The van der Waals surface area contributed by atoms with Gasteiger partial charge in [-0.2, -0.15) is 0 Å². The molecule has 192 valence electrons. The summed E-state index contributed by atoms with van der Waals surface area (Å²) >= 11 is 12.6. The van der Waals surface area contributed by atoms with Gasteiger partial charge in [-0.3, -0.25) is 9.69 Å². The monoisotopic (exact) mass is 526 g/mol. The molecule has 1 saturated heterocycles. The number of carbonyl (C=O) groups is 1. The Morgan fingerprint density at radius 3 is 2.39 bits per heavy atom.